The van der Waals surface area contributed by atoms with E-state index in [1.165, 1.54) is 32.7 Å². The van der Waals surface area contributed by atoms with Crippen LogP contribution in [0.2, 0.25) is 0 Å². The molecule has 3 aliphatic heterocycles. The Bertz CT molecular complexity index is 2870. The number of aliphatic hydroxyl groups excluding tert-OH is 3. The van der Waals surface area contributed by atoms with E-state index in [0.717, 1.165) is 4.90 Å². The molecule has 5 rings (SSSR count). The number of amides is 8. The molecule has 2 aromatic rings. The minimum atomic E-state index is -2.42. The molecule has 27 nitrogen and oxygen atoms in total. The predicted octanol–water partition coefficient (Wildman–Crippen LogP) is -1.07. The van der Waals surface area contributed by atoms with Crippen LogP contribution in [0.4, 0.5) is 0 Å². The molecule has 86 heavy (non-hydrogen) atoms. The van der Waals surface area contributed by atoms with Gasteiger partial charge in [-0.25, -0.2) is 0 Å². The second kappa shape index (κ2) is 33.3. The third-order valence-electron chi connectivity index (χ3n) is 16.0. The van der Waals surface area contributed by atoms with E-state index in [-0.39, 0.29) is 40.9 Å². The zero-order valence-electron chi connectivity index (χ0n) is 49.2. The van der Waals surface area contributed by atoms with E-state index < -0.39 is 200 Å². The number of nitrogens with one attached hydrogen (secondary N) is 7. The number of hydrogen-bond donors (Lipinski definition) is 12. The number of carboxylic acids is 1. The molecule has 8 amide bonds. The number of nitrogens with two attached hydrogens (primary N) is 1. The first-order chi connectivity index (χ1) is 40.8. The van der Waals surface area contributed by atoms with E-state index >= 15 is 4.21 Å². The smallest absolute Gasteiger partial charge is 0.304 e. The molecule has 2 bridgehead atoms. The number of ketones is 3. The van der Waals surface area contributed by atoms with Crippen molar-refractivity contribution in [3.8, 4) is 5.75 Å². The summed E-state index contributed by atoms with van der Waals surface area (Å²) < 4.78 is 21.1. The lowest BCUT2D eigenvalue weighted by molar-refractivity contribution is -0.144. The lowest BCUT2D eigenvalue weighted by Gasteiger charge is -2.32. The first-order valence-electron chi connectivity index (χ1n) is 29.0. The minimum absolute atomic E-state index is 0.0403. The highest BCUT2D eigenvalue weighted by atomic mass is 32.2. The third-order valence-corrected chi connectivity index (χ3v) is 18.5. The maximum atomic E-state index is 15.3. The van der Waals surface area contributed by atoms with E-state index in [2.05, 4.69) is 36.9 Å². The van der Waals surface area contributed by atoms with Gasteiger partial charge in [-0.05, 0) is 55.1 Å². The van der Waals surface area contributed by atoms with Crippen LogP contribution in [0.5, 0.6) is 5.75 Å². The van der Waals surface area contributed by atoms with E-state index in [1.54, 1.807) is 26.0 Å². The number of aromatic amines is 1. The number of rotatable bonds is 23. The SMILES string of the molecule is CC[C@H](C)[C@@H]1CC(=O)CNC(=O)[C@H]2CC(=O)[C@H]([C@@H](C)[C@@H](O)CO)NC(=O)[C@@H]3C[C@@H](O)CN3C(=O)[C@H](CC(N)=O)NC(=O)[C@H](CS(=O)c3[nH]c4c(CSCCCC(=O)CCCCCNC(=O)C(C)CC(=O)O)c(OC)ccc4c3C2)NC(=O)CNC1=O. The van der Waals surface area contributed by atoms with Gasteiger partial charge in [-0.1, -0.05) is 40.5 Å². The van der Waals surface area contributed by atoms with Gasteiger partial charge in [0.25, 0.3) is 0 Å². The van der Waals surface area contributed by atoms with Gasteiger partial charge >= 0.3 is 5.97 Å². The zero-order valence-corrected chi connectivity index (χ0v) is 50.8. The summed E-state index contributed by atoms with van der Waals surface area (Å²) >= 11 is 1.44. The number of thioether (sulfide) groups is 1. The molecule has 476 valence electrons. The van der Waals surface area contributed by atoms with Crippen LogP contribution in [0.15, 0.2) is 17.2 Å². The summed E-state index contributed by atoms with van der Waals surface area (Å²) in [6.07, 6.45) is -2.73. The maximum absolute atomic E-state index is 15.3. The van der Waals surface area contributed by atoms with E-state index in [9.17, 15) is 72.9 Å². The number of H-pyrrole nitrogens is 1. The molecule has 2 unspecified atom stereocenters. The highest BCUT2D eigenvalue weighted by Crippen LogP contribution is 2.37. The van der Waals surface area contributed by atoms with Crippen LogP contribution in [0.1, 0.15) is 116 Å². The first-order valence-corrected chi connectivity index (χ1v) is 31.5. The Morgan fingerprint density at radius 3 is 2.28 bits per heavy atom. The zero-order chi connectivity index (χ0) is 63.5. The Hall–Kier alpha value is -6.82. The van der Waals surface area contributed by atoms with Crippen LogP contribution in [0, 0.1) is 29.6 Å². The van der Waals surface area contributed by atoms with E-state index in [4.69, 9.17) is 15.6 Å². The molecule has 13 N–H and O–H groups in total. The van der Waals surface area contributed by atoms with Crippen molar-refractivity contribution in [3.05, 3.63) is 23.3 Å². The van der Waals surface area contributed by atoms with Crippen molar-refractivity contribution in [1.29, 1.82) is 0 Å². The van der Waals surface area contributed by atoms with Gasteiger partial charge in [-0.3, -0.25) is 61.7 Å². The van der Waals surface area contributed by atoms with E-state index in [1.807, 2.05) is 0 Å². The Morgan fingerprint density at radius 2 is 1.60 bits per heavy atom. The van der Waals surface area contributed by atoms with Crippen molar-refractivity contribution in [1.82, 2.24) is 41.8 Å². The monoisotopic (exact) mass is 1250 g/mol. The van der Waals surface area contributed by atoms with Gasteiger partial charge in [0.05, 0.1) is 80.0 Å². The topological polar surface area (TPSA) is 429 Å². The van der Waals surface area contributed by atoms with E-state index in [0.29, 0.717) is 73.0 Å². The van der Waals surface area contributed by atoms with Crippen molar-refractivity contribution < 1.29 is 86.9 Å². The second-order valence-corrected chi connectivity index (χ2v) is 25.0. The summed E-state index contributed by atoms with van der Waals surface area (Å²) in [7, 11) is -0.992. The second-order valence-electron chi connectivity index (χ2n) is 22.5. The number of fused-ring (bicyclic) bond motifs is 5. The molecule has 0 radical (unpaired) electrons. The molecule has 4 heterocycles. The van der Waals surface area contributed by atoms with Crippen molar-refractivity contribution in [2.24, 2.45) is 35.3 Å². The van der Waals surface area contributed by atoms with Crippen molar-refractivity contribution in [2.45, 2.75) is 158 Å². The Morgan fingerprint density at radius 1 is 0.895 bits per heavy atom. The maximum Gasteiger partial charge on any atom is 0.304 e. The molecular weight excluding hydrogens is 1160 g/mol. The number of aliphatic carboxylic acids is 1. The predicted molar refractivity (Wildman–Crippen MR) is 313 cm³/mol. The number of nitrogens with zero attached hydrogens (tertiary/aromatic N) is 1. The molecule has 12 atom stereocenters. The fourth-order valence-corrected chi connectivity index (χ4v) is 13.1. The number of carboxylic acid groups (broad SMARTS) is 1. The van der Waals surface area contributed by atoms with Crippen LogP contribution in [-0.2, 0) is 80.5 Å². The quantitative estimate of drug-likeness (QED) is 0.0590. The number of unbranched alkanes of at least 4 members (excludes halogenated alkanes) is 2. The molecule has 3 aliphatic rings. The van der Waals surface area contributed by atoms with Gasteiger partial charge in [-0.2, -0.15) is 11.8 Å². The van der Waals surface area contributed by atoms with Gasteiger partial charge < -0.3 is 72.7 Å². The van der Waals surface area contributed by atoms with Gasteiger partial charge in [0.2, 0.25) is 47.3 Å². The molecule has 0 saturated carbocycles. The van der Waals surface area contributed by atoms with Gasteiger partial charge in [0.15, 0.2) is 11.6 Å². The molecule has 1 saturated heterocycles. The average Bonchev–Trinajstić information content (AvgIpc) is 2.38. The average molecular weight is 1250 g/mol. The summed E-state index contributed by atoms with van der Waals surface area (Å²) in [4.78, 5) is 167. The molecule has 1 fully saturated rings. The highest BCUT2D eigenvalue weighted by molar-refractivity contribution is 7.98. The van der Waals surface area contributed by atoms with Crippen LogP contribution in [0.25, 0.3) is 10.9 Å². The standard InChI is InChI=1S/C57H83N9O18S2/c1-6-29(2)37-20-34(69)23-60-52(78)32-18-38-36-13-14-45(84-5)39(27-85-16-10-12-33(68)11-8-7-9-15-59-51(77)30(3)17-48(75)76)50(36)65-56(38)86(83)28-41(62-47(74)24-61-53(37)79)54(80)63-40(22-46(58)73)57(82)66-25-35(70)21-42(66)55(81)64-49(43(71)19-32)31(4)44(72)26-67/h13-14,29-32,35,37,40-42,44,49,65,67,70,72H,6-12,15-28H2,1-5H3,(H2,58,73)(H,59,77)(H,60,78)(H,61,79)(H,62,74)(H,63,80)(H,64,81)(H,75,76)/t29-,30?,31-,32+,35+,37-,40-,41-,42-,44-,49-,86?/m0/s1. The summed E-state index contributed by atoms with van der Waals surface area (Å²) in [5.74, 6) is -14.3. The lowest BCUT2D eigenvalue weighted by atomic mass is 9.85. The highest BCUT2D eigenvalue weighted by Gasteiger charge is 2.45. The Balaban J connectivity index is 1.59. The normalized spacial score (nSPS) is 24.6. The van der Waals surface area contributed by atoms with Crippen LogP contribution in [0.3, 0.4) is 0 Å². The number of carbonyl (C=O) groups is 12. The van der Waals surface area contributed by atoms with Gasteiger partial charge in [0.1, 0.15) is 34.7 Å². The number of aromatic nitrogens is 1. The number of primary amides is 1. The summed E-state index contributed by atoms with van der Waals surface area (Å²) in [6.45, 7) is 3.95. The largest absolute Gasteiger partial charge is 0.496 e. The first kappa shape index (κ1) is 69.9. The number of carbonyl (C=O) groups excluding carboxylic acids is 11. The fraction of sp³-hybridized carbons (Fsp3) is 0.649. The number of methoxy groups -OCH3 is 1. The Labute approximate surface area is 504 Å². The summed E-state index contributed by atoms with van der Waals surface area (Å²) in [5.41, 5.74) is 6.65. The number of hydrogen-bond acceptors (Lipinski definition) is 18. The van der Waals surface area contributed by atoms with Crippen LogP contribution >= 0.6 is 11.8 Å². The minimum Gasteiger partial charge on any atom is -0.496 e. The van der Waals surface area contributed by atoms with Crippen LogP contribution in [-0.4, -0.2) is 193 Å². The molecular formula is C57H83N9O18S2. The van der Waals surface area contributed by atoms with Gasteiger partial charge in [-0.15, -0.1) is 0 Å². The third kappa shape index (κ3) is 19.6. The summed E-state index contributed by atoms with van der Waals surface area (Å²) in [5, 5.41) is 56.4. The number of ether oxygens (including phenoxy) is 1. The Kier molecular flexibility index (Phi) is 27.1. The van der Waals surface area contributed by atoms with Crippen LogP contribution < -0.4 is 42.4 Å². The number of benzene rings is 1. The molecule has 0 aliphatic carbocycles. The summed E-state index contributed by atoms with van der Waals surface area (Å²) in [6, 6.07) is -3.72. The fourth-order valence-electron chi connectivity index (χ4n) is 10.7. The number of Topliss-reactive ketones (excluding diaryl/α,β-unsaturated/α-hetero) is 3. The molecule has 0 spiro atoms. The molecule has 29 heteroatoms. The van der Waals surface area contributed by atoms with Crippen molar-refractivity contribution in [3.63, 3.8) is 0 Å². The van der Waals surface area contributed by atoms with Crippen molar-refractivity contribution in [2.75, 3.05) is 51.4 Å². The molecule has 1 aromatic heterocycles. The number of aliphatic hydroxyl groups is 3. The van der Waals surface area contributed by atoms with Crippen molar-refractivity contribution >= 4 is 104 Å². The van der Waals surface area contributed by atoms with Gasteiger partial charge in [0, 0.05) is 85.6 Å². The molecule has 1 aromatic carbocycles. The lowest BCUT2D eigenvalue weighted by Crippen LogP contribution is -2.60.